The number of methoxy groups -OCH3 is 1. The van der Waals surface area contributed by atoms with Gasteiger partial charge in [-0.1, -0.05) is 0 Å². The van der Waals surface area contributed by atoms with Crippen molar-refractivity contribution < 1.29 is 9.53 Å². The zero-order chi connectivity index (χ0) is 9.84. The molecule has 13 heavy (non-hydrogen) atoms. The van der Waals surface area contributed by atoms with Gasteiger partial charge >= 0.3 is 6.09 Å². The highest BCUT2D eigenvalue weighted by atomic mass is 16.5. The molecule has 1 radical (unpaired) electrons. The van der Waals surface area contributed by atoms with Gasteiger partial charge in [-0.25, -0.2) is 4.79 Å². The molecule has 1 saturated heterocycles. The summed E-state index contributed by atoms with van der Waals surface area (Å²) in [6.45, 7) is 6.14. The number of ether oxygens (including phenoxy) is 1. The second-order valence-corrected chi connectivity index (χ2v) is 3.34. The van der Waals surface area contributed by atoms with Crippen molar-refractivity contribution in [3.8, 4) is 0 Å². The summed E-state index contributed by atoms with van der Waals surface area (Å²) < 4.78 is 4.65. The van der Waals surface area contributed by atoms with Crippen LogP contribution in [0.1, 0.15) is 6.42 Å². The lowest BCUT2D eigenvalue weighted by atomic mass is 10.2. The molecule has 75 valence electrons. The highest BCUT2D eigenvalue weighted by Gasteiger charge is 2.28. The van der Waals surface area contributed by atoms with E-state index in [4.69, 9.17) is 0 Å². The average molecular weight is 185 g/mol. The fourth-order valence-corrected chi connectivity index (χ4v) is 1.58. The van der Waals surface area contributed by atoms with E-state index in [0.29, 0.717) is 6.04 Å². The molecule has 0 aliphatic carbocycles. The lowest BCUT2D eigenvalue weighted by Gasteiger charge is -2.22. The standard InChI is InChI=1S/C9H17N2O2/c1-4-10(2)8-5-6-11(7-8)9(12)13-3/h8H,1,4-7H2,2-3H3. The van der Waals surface area contributed by atoms with Crippen LogP contribution in [-0.4, -0.2) is 55.7 Å². The Morgan fingerprint density at radius 3 is 3.00 bits per heavy atom. The summed E-state index contributed by atoms with van der Waals surface area (Å²) in [5.41, 5.74) is 0. The highest BCUT2D eigenvalue weighted by Crippen LogP contribution is 2.14. The smallest absolute Gasteiger partial charge is 0.409 e. The van der Waals surface area contributed by atoms with E-state index in [9.17, 15) is 4.79 Å². The number of carbonyl (C=O) groups is 1. The van der Waals surface area contributed by atoms with Crippen LogP contribution < -0.4 is 0 Å². The van der Waals surface area contributed by atoms with Crippen molar-refractivity contribution in [2.45, 2.75) is 12.5 Å². The number of hydrogen-bond donors (Lipinski definition) is 0. The quantitative estimate of drug-likeness (QED) is 0.631. The maximum atomic E-state index is 11.1. The normalized spacial score (nSPS) is 22.5. The van der Waals surface area contributed by atoms with Gasteiger partial charge in [-0.15, -0.1) is 0 Å². The van der Waals surface area contributed by atoms with Crippen LogP contribution in [0, 0.1) is 6.92 Å². The minimum atomic E-state index is -0.222. The molecule has 0 spiro atoms. The van der Waals surface area contributed by atoms with Gasteiger partial charge in [0.15, 0.2) is 0 Å². The Morgan fingerprint density at radius 1 is 1.77 bits per heavy atom. The molecule has 1 heterocycles. The van der Waals surface area contributed by atoms with E-state index in [1.54, 1.807) is 4.90 Å². The number of hydrogen-bond acceptors (Lipinski definition) is 3. The molecule has 0 aromatic heterocycles. The van der Waals surface area contributed by atoms with E-state index in [0.717, 1.165) is 26.1 Å². The fraction of sp³-hybridized carbons (Fsp3) is 0.778. The monoisotopic (exact) mass is 185 g/mol. The van der Waals surface area contributed by atoms with E-state index in [1.165, 1.54) is 7.11 Å². The van der Waals surface area contributed by atoms with Crippen molar-refractivity contribution in [2.24, 2.45) is 0 Å². The minimum Gasteiger partial charge on any atom is -0.453 e. The van der Waals surface area contributed by atoms with Gasteiger partial charge in [-0.2, -0.15) is 0 Å². The molecule has 4 heteroatoms. The zero-order valence-electron chi connectivity index (χ0n) is 8.32. The molecule has 4 nitrogen and oxygen atoms in total. The summed E-state index contributed by atoms with van der Waals surface area (Å²) in [6, 6.07) is 0.441. The number of likely N-dealkylation sites (N-methyl/N-ethyl adjacent to an activating group) is 1. The number of amides is 1. The molecule has 1 aliphatic rings. The van der Waals surface area contributed by atoms with Gasteiger partial charge in [0.25, 0.3) is 0 Å². The molecule has 1 unspecified atom stereocenters. The van der Waals surface area contributed by atoms with Crippen molar-refractivity contribution in [1.29, 1.82) is 0 Å². The van der Waals surface area contributed by atoms with Crippen LogP contribution >= 0.6 is 0 Å². The van der Waals surface area contributed by atoms with Crippen LogP contribution in [0.2, 0.25) is 0 Å². The van der Waals surface area contributed by atoms with E-state index in [1.807, 2.05) is 7.05 Å². The molecule has 0 saturated carbocycles. The number of rotatable bonds is 2. The third-order valence-corrected chi connectivity index (χ3v) is 2.57. The Bertz CT molecular complexity index is 184. The van der Waals surface area contributed by atoms with Crippen molar-refractivity contribution in [2.75, 3.05) is 33.8 Å². The van der Waals surface area contributed by atoms with Gasteiger partial charge in [-0.05, 0) is 26.9 Å². The molecule has 1 fully saturated rings. The number of nitrogens with zero attached hydrogens (tertiary/aromatic N) is 2. The molecule has 1 rings (SSSR count). The van der Waals surface area contributed by atoms with Crippen LogP contribution in [0.15, 0.2) is 0 Å². The Hall–Kier alpha value is -0.770. The lowest BCUT2D eigenvalue weighted by molar-refractivity contribution is 0.129. The first-order valence-corrected chi connectivity index (χ1v) is 4.51. The van der Waals surface area contributed by atoms with Crippen LogP contribution in [-0.2, 0) is 4.74 Å². The van der Waals surface area contributed by atoms with Gasteiger partial charge in [0.05, 0.1) is 7.11 Å². The maximum absolute atomic E-state index is 11.1. The Labute approximate surface area is 79.4 Å². The topological polar surface area (TPSA) is 32.8 Å². The SMILES string of the molecule is [CH2]CN(C)C1CCN(C(=O)OC)C1. The van der Waals surface area contributed by atoms with Crippen LogP contribution in [0.3, 0.4) is 0 Å². The first-order valence-electron chi connectivity index (χ1n) is 4.51. The summed E-state index contributed by atoms with van der Waals surface area (Å²) >= 11 is 0. The molecular formula is C9H17N2O2. The summed E-state index contributed by atoms with van der Waals surface area (Å²) in [5.74, 6) is 0. The zero-order valence-corrected chi connectivity index (χ0v) is 8.32. The lowest BCUT2D eigenvalue weighted by Crippen LogP contribution is -2.36. The molecule has 0 bridgehead atoms. The van der Waals surface area contributed by atoms with Gasteiger partial charge in [0, 0.05) is 19.1 Å². The summed E-state index contributed by atoms with van der Waals surface area (Å²) in [5, 5.41) is 0. The first kappa shape index (κ1) is 10.3. The maximum Gasteiger partial charge on any atom is 0.409 e. The summed E-state index contributed by atoms with van der Waals surface area (Å²) in [4.78, 5) is 15.0. The van der Waals surface area contributed by atoms with Gasteiger partial charge in [0.1, 0.15) is 0 Å². The molecule has 1 aliphatic heterocycles. The van der Waals surface area contributed by atoms with Crippen LogP contribution in [0.4, 0.5) is 4.79 Å². The molecule has 0 N–H and O–H groups in total. The van der Waals surface area contributed by atoms with E-state index >= 15 is 0 Å². The first-order chi connectivity index (χ1) is 6.19. The number of likely N-dealkylation sites (tertiary alicyclic amines) is 1. The van der Waals surface area contributed by atoms with Crippen molar-refractivity contribution in [1.82, 2.24) is 9.80 Å². The van der Waals surface area contributed by atoms with Crippen molar-refractivity contribution in [3.63, 3.8) is 0 Å². The van der Waals surface area contributed by atoms with Crippen molar-refractivity contribution >= 4 is 6.09 Å². The minimum absolute atomic E-state index is 0.222. The van der Waals surface area contributed by atoms with Crippen molar-refractivity contribution in [3.05, 3.63) is 6.92 Å². The predicted molar refractivity (Wildman–Crippen MR) is 50.4 cm³/mol. The van der Waals surface area contributed by atoms with Gasteiger partial charge < -0.3 is 14.5 Å². The largest absolute Gasteiger partial charge is 0.453 e. The Morgan fingerprint density at radius 2 is 2.46 bits per heavy atom. The molecule has 0 aromatic carbocycles. The third-order valence-electron chi connectivity index (χ3n) is 2.57. The summed E-state index contributed by atoms with van der Waals surface area (Å²) in [6.07, 6.45) is 0.793. The fourth-order valence-electron chi connectivity index (χ4n) is 1.58. The second kappa shape index (κ2) is 4.46. The predicted octanol–water partition coefficient (Wildman–Crippen LogP) is 0.593. The summed E-state index contributed by atoms with van der Waals surface area (Å²) in [7, 11) is 3.44. The Balaban J connectivity index is 2.40. The average Bonchev–Trinajstić information content (AvgIpc) is 2.64. The molecule has 0 aromatic rings. The van der Waals surface area contributed by atoms with Crippen LogP contribution in [0.25, 0.3) is 0 Å². The van der Waals surface area contributed by atoms with Crippen LogP contribution in [0.5, 0.6) is 0 Å². The highest BCUT2D eigenvalue weighted by molar-refractivity contribution is 5.67. The molecular weight excluding hydrogens is 168 g/mol. The molecule has 1 atom stereocenters. The van der Waals surface area contributed by atoms with E-state index in [-0.39, 0.29) is 6.09 Å². The van der Waals surface area contributed by atoms with E-state index < -0.39 is 0 Å². The number of carbonyl (C=O) groups excluding carboxylic acids is 1. The molecule has 1 amide bonds. The second-order valence-electron chi connectivity index (χ2n) is 3.34. The van der Waals surface area contributed by atoms with E-state index in [2.05, 4.69) is 16.6 Å². The third kappa shape index (κ3) is 2.34. The van der Waals surface area contributed by atoms with Gasteiger partial charge in [-0.3, -0.25) is 0 Å². The Kier molecular flexibility index (Phi) is 3.54. The van der Waals surface area contributed by atoms with Gasteiger partial charge in [0.2, 0.25) is 0 Å².